The second kappa shape index (κ2) is 8.52. The molecule has 1 aliphatic rings. The molecule has 4 rings (SSSR count). The Bertz CT molecular complexity index is 1050. The zero-order chi connectivity index (χ0) is 21.3. The molecule has 1 saturated heterocycles. The van der Waals surface area contributed by atoms with Crippen LogP contribution in [0.5, 0.6) is 5.75 Å². The van der Waals surface area contributed by atoms with Crippen molar-refractivity contribution >= 4 is 23.1 Å². The summed E-state index contributed by atoms with van der Waals surface area (Å²) in [6, 6.07) is 5.84. The molecule has 1 unspecified atom stereocenters. The number of hydrogen-bond donors (Lipinski definition) is 2. The lowest BCUT2D eigenvalue weighted by Gasteiger charge is -2.19. The summed E-state index contributed by atoms with van der Waals surface area (Å²) in [4.78, 5) is 13.0. The van der Waals surface area contributed by atoms with Crippen LogP contribution < -0.4 is 10.1 Å². The molecule has 2 atom stereocenters. The number of ether oxygens (including phenoxy) is 2. The molecule has 2 aromatic heterocycles. The number of rotatable bonds is 7. The third-order valence-corrected chi connectivity index (χ3v) is 5.50. The van der Waals surface area contributed by atoms with Gasteiger partial charge in [-0.2, -0.15) is 0 Å². The van der Waals surface area contributed by atoms with Gasteiger partial charge in [0.25, 0.3) is 0 Å². The standard InChI is InChI=1S/C23H31N5O2/c1-6-7-19-22(14(2)3)27-23(28(19)21-11-8-15(4)30-21)24-13-20-25-17-10-9-16(29-5)12-18(17)26-20/h6-7,9-10,12,14-15,21H,8,11,13H2,1-5H3,(H,24,27)(H,25,26)/b7-6-/t15-,21?/m1/s1. The fourth-order valence-corrected chi connectivity index (χ4v) is 4.01. The number of hydrogen-bond acceptors (Lipinski definition) is 5. The molecule has 30 heavy (non-hydrogen) atoms. The van der Waals surface area contributed by atoms with E-state index in [-0.39, 0.29) is 12.3 Å². The van der Waals surface area contributed by atoms with Crippen LogP contribution in [0.15, 0.2) is 24.3 Å². The predicted octanol–water partition coefficient (Wildman–Crippen LogP) is 5.23. The molecule has 7 heteroatoms. The van der Waals surface area contributed by atoms with Crippen molar-refractivity contribution in [2.45, 2.75) is 65.3 Å². The minimum Gasteiger partial charge on any atom is -0.497 e. The largest absolute Gasteiger partial charge is 0.497 e. The second-order valence-electron chi connectivity index (χ2n) is 8.13. The smallest absolute Gasteiger partial charge is 0.206 e. The first kappa shape index (κ1) is 20.5. The third kappa shape index (κ3) is 3.94. The highest BCUT2D eigenvalue weighted by molar-refractivity contribution is 5.76. The Morgan fingerprint density at radius 2 is 2.17 bits per heavy atom. The molecule has 1 fully saturated rings. The highest BCUT2D eigenvalue weighted by Crippen LogP contribution is 2.35. The first-order valence-electron chi connectivity index (χ1n) is 10.7. The summed E-state index contributed by atoms with van der Waals surface area (Å²) in [6.07, 6.45) is 6.49. The van der Waals surface area contributed by atoms with Gasteiger partial charge in [-0.3, -0.25) is 4.57 Å². The molecular formula is C23H31N5O2. The monoisotopic (exact) mass is 409 g/mol. The van der Waals surface area contributed by atoms with Crippen molar-refractivity contribution in [3.8, 4) is 5.75 Å². The Labute approximate surface area is 177 Å². The lowest BCUT2D eigenvalue weighted by atomic mass is 10.1. The van der Waals surface area contributed by atoms with Crippen LogP contribution in [0, 0.1) is 0 Å². The van der Waals surface area contributed by atoms with Crippen LogP contribution in [0.25, 0.3) is 17.1 Å². The Kier molecular flexibility index (Phi) is 5.81. The van der Waals surface area contributed by atoms with Gasteiger partial charge in [0.05, 0.1) is 42.2 Å². The molecule has 1 aliphatic heterocycles. The number of H-pyrrole nitrogens is 1. The van der Waals surface area contributed by atoms with Gasteiger partial charge in [-0.15, -0.1) is 0 Å². The zero-order valence-electron chi connectivity index (χ0n) is 18.4. The van der Waals surface area contributed by atoms with Crippen LogP contribution in [0.4, 0.5) is 5.95 Å². The van der Waals surface area contributed by atoms with Crippen LogP contribution in [0.1, 0.15) is 69.9 Å². The number of imidazole rings is 2. The maximum absolute atomic E-state index is 6.21. The Hall–Kier alpha value is -2.80. The van der Waals surface area contributed by atoms with Crippen molar-refractivity contribution in [1.82, 2.24) is 19.5 Å². The van der Waals surface area contributed by atoms with E-state index in [9.17, 15) is 0 Å². The minimum atomic E-state index is -0.00589. The van der Waals surface area contributed by atoms with Gasteiger partial charge in [0.15, 0.2) is 0 Å². The van der Waals surface area contributed by atoms with Crippen molar-refractivity contribution < 1.29 is 9.47 Å². The van der Waals surface area contributed by atoms with Crippen LogP contribution in [-0.2, 0) is 11.3 Å². The lowest BCUT2D eigenvalue weighted by Crippen LogP contribution is -2.15. The van der Waals surface area contributed by atoms with Gasteiger partial charge in [-0.05, 0) is 50.8 Å². The predicted molar refractivity (Wildman–Crippen MR) is 120 cm³/mol. The Morgan fingerprint density at radius 3 is 2.83 bits per heavy atom. The molecule has 7 nitrogen and oxygen atoms in total. The quantitative estimate of drug-likeness (QED) is 0.558. The van der Waals surface area contributed by atoms with Crippen LogP contribution >= 0.6 is 0 Å². The molecule has 0 amide bonds. The highest BCUT2D eigenvalue weighted by atomic mass is 16.5. The van der Waals surface area contributed by atoms with Crippen LogP contribution in [0.3, 0.4) is 0 Å². The SMILES string of the molecule is C/C=C\c1c(C(C)C)nc(NCc2nc3ccc(OC)cc3[nH]2)n1C1CC[C@@H](C)O1. The maximum Gasteiger partial charge on any atom is 0.206 e. The molecule has 160 valence electrons. The van der Waals surface area contributed by atoms with Gasteiger partial charge in [0.2, 0.25) is 5.95 Å². The van der Waals surface area contributed by atoms with Gasteiger partial charge in [0.1, 0.15) is 17.8 Å². The van der Waals surface area contributed by atoms with E-state index in [1.165, 1.54) is 0 Å². The highest BCUT2D eigenvalue weighted by Gasteiger charge is 2.29. The molecule has 0 radical (unpaired) electrons. The summed E-state index contributed by atoms with van der Waals surface area (Å²) in [7, 11) is 1.67. The fraction of sp³-hybridized carbons (Fsp3) is 0.478. The van der Waals surface area contributed by atoms with Gasteiger partial charge >= 0.3 is 0 Å². The number of methoxy groups -OCH3 is 1. The molecule has 3 heterocycles. The number of benzene rings is 1. The van der Waals surface area contributed by atoms with E-state index >= 15 is 0 Å². The van der Waals surface area contributed by atoms with E-state index in [0.29, 0.717) is 12.5 Å². The average Bonchev–Trinajstić information content (AvgIpc) is 3.42. The van der Waals surface area contributed by atoms with E-state index in [1.807, 2.05) is 25.1 Å². The van der Waals surface area contributed by atoms with E-state index < -0.39 is 0 Å². The zero-order valence-corrected chi connectivity index (χ0v) is 18.4. The van der Waals surface area contributed by atoms with E-state index in [2.05, 4.69) is 52.8 Å². The van der Waals surface area contributed by atoms with Crippen molar-refractivity contribution in [2.75, 3.05) is 12.4 Å². The van der Waals surface area contributed by atoms with Crippen molar-refractivity contribution in [3.63, 3.8) is 0 Å². The van der Waals surface area contributed by atoms with Gasteiger partial charge < -0.3 is 19.8 Å². The number of aromatic nitrogens is 4. The van der Waals surface area contributed by atoms with Gasteiger partial charge in [0, 0.05) is 6.07 Å². The Balaban J connectivity index is 1.65. The Morgan fingerprint density at radius 1 is 1.33 bits per heavy atom. The number of fused-ring (bicyclic) bond motifs is 1. The van der Waals surface area contributed by atoms with Crippen molar-refractivity contribution in [1.29, 1.82) is 0 Å². The maximum atomic E-state index is 6.21. The number of nitrogens with one attached hydrogen (secondary N) is 2. The molecule has 0 aliphatic carbocycles. The first-order chi connectivity index (χ1) is 14.5. The van der Waals surface area contributed by atoms with E-state index in [0.717, 1.165) is 52.8 Å². The first-order valence-corrected chi connectivity index (χ1v) is 10.7. The molecule has 2 N–H and O–H groups in total. The van der Waals surface area contributed by atoms with Crippen LogP contribution in [0.2, 0.25) is 0 Å². The van der Waals surface area contributed by atoms with Crippen molar-refractivity contribution in [2.24, 2.45) is 0 Å². The number of allylic oxidation sites excluding steroid dienone is 1. The third-order valence-electron chi connectivity index (χ3n) is 5.50. The average molecular weight is 410 g/mol. The fourth-order valence-electron chi connectivity index (χ4n) is 4.01. The molecule has 3 aromatic rings. The van der Waals surface area contributed by atoms with Gasteiger partial charge in [-0.25, -0.2) is 9.97 Å². The number of aromatic amines is 1. The number of anilines is 1. The molecule has 0 spiro atoms. The summed E-state index contributed by atoms with van der Waals surface area (Å²) in [5.41, 5.74) is 4.07. The van der Waals surface area contributed by atoms with E-state index in [1.54, 1.807) is 7.11 Å². The van der Waals surface area contributed by atoms with Crippen LogP contribution in [-0.4, -0.2) is 32.7 Å². The lowest BCUT2D eigenvalue weighted by molar-refractivity contribution is 0.0118. The molecule has 0 saturated carbocycles. The second-order valence-corrected chi connectivity index (χ2v) is 8.13. The van der Waals surface area contributed by atoms with Crippen molar-refractivity contribution in [3.05, 3.63) is 41.5 Å². The summed E-state index contributed by atoms with van der Waals surface area (Å²) >= 11 is 0. The molecule has 0 bridgehead atoms. The van der Waals surface area contributed by atoms with Gasteiger partial charge in [-0.1, -0.05) is 19.9 Å². The molecular weight excluding hydrogens is 378 g/mol. The normalized spacial score (nSPS) is 19.4. The summed E-state index contributed by atoms with van der Waals surface area (Å²) in [6.45, 7) is 9.06. The summed E-state index contributed by atoms with van der Waals surface area (Å²) < 4.78 is 13.7. The molecule has 1 aromatic carbocycles. The topological polar surface area (TPSA) is 77.0 Å². The number of nitrogens with zero attached hydrogens (tertiary/aromatic N) is 3. The summed E-state index contributed by atoms with van der Waals surface area (Å²) in [5.74, 6) is 2.80. The van der Waals surface area contributed by atoms with E-state index in [4.69, 9.17) is 14.5 Å². The minimum absolute atomic E-state index is 0.00589. The summed E-state index contributed by atoms with van der Waals surface area (Å²) in [5, 5.41) is 3.50.